The van der Waals surface area contributed by atoms with Gasteiger partial charge in [0.2, 0.25) is 5.91 Å². The maximum atomic E-state index is 11.7. The van der Waals surface area contributed by atoms with Crippen molar-refractivity contribution in [3.63, 3.8) is 0 Å². The van der Waals surface area contributed by atoms with E-state index in [4.69, 9.17) is 0 Å². The van der Waals surface area contributed by atoms with Crippen molar-refractivity contribution in [1.82, 2.24) is 4.90 Å². The van der Waals surface area contributed by atoms with Gasteiger partial charge in [-0.05, 0) is 43.5 Å². The van der Waals surface area contributed by atoms with Gasteiger partial charge in [0.15, 0.2) is 0 Å². The molecule has 0 N–H and O–H groups in total. The molecular formula is C18H27N3O. The summed E-state index contributed by atoms with van der Waals surface area (Å²) in [6.07, 6.45) is 4.62. The maximum absolute atomic E-state index is 11.7. The van der Waals surface area contributed by atoms with E-state index < -0.39 is 0 Å². The molecule has 2 saturated heterocycles. The van der Waals surface area contributed by atoms with Gasteiger partial charge < -0.3 is 14.7 Å². The predicted octanol–water partition coefficient (Wildman–Crippen LogP) is 2.74. The molecule has 120 valence electrons. The number of benzene rings is 1. The molecule has 22 heavy (non-hydrogen) atoms. The van der Waals surface area contributed by atoms with Gasteiger partial charge in [0.1, 0.15) is 0 Å². The summed E-state index contributed by atoms with van der Waals surface area (Å²) in [4.78, 5) is 18.6. The van der Waals surface area contributed by atoms with Gasteiger partial charge in [-0.25, -0.2) is 0 Å². The summed E-state index contributed by atoms with van der Waals surface area (Å²) < 4.78 is 0. The number of carbonyl (C=O) groups excluding carboxylic acids is 1. The normalized spacial score (nSPS) is 19.4. The molecule has 0 spiro atoms. The fraction of sp³-hybridized carbons (Fsp3) is 0.611. The van der Waals surface area contributed by atoms with Crippen LogP contribution in [0.25, 0.3) is 0 Å². The van der Waals surface area contributed by atoms with Crippen LogP contribution in [0.3, 0.4) is 0 Å². The van der Waals surface area contributed by atoms with Crippen LogP contribution >= 0.6 is 0 Å². The second kappa shape index (κ2) is 7.03. The number of amides is 1. The molecule has 2 heterocycles. The van der Waals surface area contributed by atoms with Crippen molar-refractivity contribution in [3.8, 4) is 0 Å². The lowest BCUT2D eigenvalue weighted by Crippen LogP contribution is -2.48. The van der Waals surface area contributed by atoms with E-state index in [9.17, 15) is 4.79 Å². The van der Waals surface area contributed by atoms with Crippen molar-refractivity contribution in [2.75, 3.05) is 49.1 Å². The van der Waals surface area contributed by atoms with Crippen molar-refractivity contribution >= 4 is 17.3 Å². The van der Waals surface area contributed by atoms with Crippen LogP contribution < -0.4 is 9.80 Å². The quantitative estimate of drug-likeness (QED) is 0.859. The third-order valence-electron chi connectivity index (χ3n) is 4.87. The molecule has 0 bridgehead atoms. The van der Waals surface area contributed by atoms with Crippen molar-refractivity contribution < 1.29 is 4.79 Å². The topological polar surface area (TPSA) is 26.8 Å². The first-order chi connectivity index (χ1) is 10.8. The van der Waals surface area contributed by atoms with Crippen molar-refractivity contribution in [2.24, 2.45) is 0 Å². The molecule has 2 aliphatic heterocycles. The van der Waals surface area contributed by atoms with E-state index in [0.717, 1.165) is 26.2 Å². The van der Waals surface area contributed by atoms with Crippen LogP contribution in [0.5, 0.6) is 0 Å². The molecule has 4 nitrogen and oxygen atoms in total. The van der Waals surface area contributed by atoms with Crippen LogP contribution in [0.2, 0.25) is 0 Å². The molecular weight excluding hydrogens is 274 g/mol. The Kier molecular flexibility index (Phi) is 4.86. The van der Waals surface area contributed by atoms with Crippen LogP contribution in [-0.4, -0.2) is 50.1 Å². The van der Waals surface area contributed by atoms with E-state index >= 15 is 0 Å². The zero-order valence-corrected chi connectivity index (χ0v) is 13.6. The summed E-state index contributed by atoms with van der Waals surface area (Å²) in [5.41, 5.74) is 2.63. The van der Waals surface area contributed by atoms with Crippen molar-refractivity contribution in [3.05, 3.63) is 24.3 Å². The van der Waals surface area contributed by atoms with Crippen LogP contribution in [0.4, 0.5) is 11.4 Å². The highest BCUT2D eigenvalue weighted by Gasteiger charge is 2.20. The largest absolute Gasteiger partial charge is 0.372 e. The van der Waals surface area contributed by atoms with E-state index in [1.165, 1.54) is 43.7 Å². The molecule has 2 aliphatic rings. The van der Waals surface area contributed by atoms with Gasteiger partial charge in [0, 0.05) is 57.1 Å². The summed E-state index contributed by atoms with van der Waals surface area (Å²) in [6.45, 7) is 7.90. The van der Waals surface area contributed by atoms with E-state index in [2.05, 4.69) is 34.1 Å². The Balaban J connectivity index is 1.58. The maximum Gasteiger partial charge on any atom is 0.222 e. The zero-order chi connectivity index (χ0) is 15.4. The molecule has 1 amide bonds. The number of anilines is 2. The van der Waals surface area contributed by atoms with E-state index in [0.29, 0.717) is 6.42 Å². The van der Waals surface area contributed by atoms with Crippen molar-refractivity contribution in [1.29, 1.82) is 0 Å². The molecule has 4 heteroatoms. The van der Waals surface area contributed by atoms with Gasteiger partial charge in [-0.2, -0.15) is 0 Å². The average molecular weight is 301 g/mol. The minimum Gasteiger partial charge on any atom is -0.372 e. The number of hydrogen-bond acceptors (Lipinski definition) is 3. The van der Waals surface area contributed by atoms with Gasteiger partial charge in [0.05, 0.1) is 0 Å². The zero-order valence-electron chi connectivity index (χ0n) is 13.6. The smallest absolute Gasteiger partial charge is 0.222 e. The lowest BCUT2D eigenvalue weighted by molar-refractivity contribution is -0.131. The monoisotopic (exact) mass is 301 g/mol. The summed E-state index contributed by atoms with van der Waals surface area (Å²) in [5.74, 6) is 0.278. The third kappa shape index (κ3) is 3.37. The molecule has 0 saturated carbocycles. The molecule has 0 aliphatic carbocycles. The van der Waals surface area contributed by atoms with E-state index in [1.54, 1.807) is 0 Å². The SMILES string of the molecule is CCC(=O)N1CCN(c2ccc(N3CCCCC3)cc2)CC1. The molecule has 2 fully saturated rings. The Morgan fingerprint density at radius 3 is 1.82 bits per heavy atom. The molecule has 0 aromatic heterocycles. The molecule has 0 unspecified atom stereocenters. The minimum absolute atomic E-state index is 0.278. The first-order valence-electron chi connectivity index (χ1n) is 8.65. The third-order valence-corrected chi connectivity index (χ3v) is 4.87. The van der Waals surface area contributed by atoms with E-state index in [1.807, 2.05) is 11.8 Å². The molecule has 0 atom stereocenters. The van der Waals surface area contributed by atoms with Gasteiger partial charge in [-0.1, -0.05) is 6.92 Å². The number of nitrogens with zero attached hydrogens (tertiary/aromatic N) is 3. The molecule has 0 radical (unpaired) electrons. The van der Waals surface area contributed by atoms with Crippen LogP contribution in [0.15, 0.2) is 24.3 Å². The molecule has 3 rings (SSSR count). The summed E-state index contributed by atoms with van der Waals surface area (Å²) in [6, 6.07) is 8.98. The Hall–Kier alpha value is -1.71. The standard InChI is InChI=1S/C18H27N3O/c1-2-18(22)21-14-12-20(13-15-21)17-8-6-16(7-9-17)19-10-4-3-5-11-19/h6-9H,2-5,10-15H2,1H3. The lowest BCUT2D eigenvalue weighted by Gasteiger charge is -2.36. The highest BCUT2D eigenvalue weighted by Crippen LogP contribution is 2.24. The Morgan fingerprint density at radius 1 is 0.818 bits per heavy atom. The van der Waals surface area contributed by atoms with Crippen molar-refractivity contribution in [2.45, 2.75) is 32.6 Å². The van der Waals surface area contributed by atoms with Crippen LogP contribution in [-0.2, 0) is 4.79 Å². The fourth-order valence-corrected chi connectivity index (χ4v) is 3.46. The van der Waals surface area contributed by atoms with Gasteiger partial charge >= 0.3 is 0 Å². The molecule has 1 aromatic rings. The second-order valence-electron chi connectivity index (χ2n) is 6.29. The summed E-state index contributed by atoms with van der Waals surface area (Å²) in [7, 11) is 0. The second-order valence-corrected chi connectivity index (χ2v) is 6.29. The Morgan fingerprint density at radius 2 is 1.32 bits per heavy atom. The Bertz CT molecular complexity index is 486. The average Bonchev–Trinajstić information content (AvgIpc) is 2.62. The van der Waals surface area contributed by atoms with Crippen LogP contribution in [0.1, 0.15) is 32.6 Å². The highest BCUT2D eigenvalue weighted by atomic mass is 16.2. The fourth-order valence-electron chi connectivity index (χ4n) is 3.46. The number of piperidine rings is 1. The van der Waals surface area contributed by atoms with Gasteiger partial charge in [-0.15, -0.1) is 0 Å². The van der Waals surface area contributed by atoms with Gasteiger partial charge in [-0.3, -0.25) is 4.79 Å². The highest BCUT2D eigenvalue weighted by molar-refractivity contribution is 5.76. The number of hydrogen-bond donors (Lipinski definition) is 0. The summed E-state index contributed by atoms with van der Waals surface area (Å²) >= 11 is 0. The van der Waals surface area contributed by atoms with E-state index in [-0.39, 0.29) is 5.91 Å². The predicted molar refractivity (Wildman–Crippen MR) is 91.6 cm³/mol. The minimum atomic E-state index is 0.278. The molecule has 1 aromatic carbocycles. The first kappa shape index (κ1) is 15.2. The Labute approximate surface area is 133 Å². The summed E-state index contributed by atoms with van der Waals surface area (Å²) in [5, 5.41) is 0. The van der Waals surface area contributed by atoms with Gasteiger partial charge in [0.25, 0.3) is 0 Å². The first-order valence-corrected chi connectivity index (χ1v) is 8.65. The lowest BCUT2D eigenvalue weighted by atomic mass is 10.1. The number of carbonyl (C=O) groups is 1. The number of piperazine rings is 1. The number of rotatable bonds is 3. The van der Waals surface area contributed by atoms with Crippen LogP contribution in [0, 0.1) is 0 Å².